The maximum atomic E-state index is 9.59. The summed E-state index contributed by atoms with van der Waals surface area (Å²) in [5, 5.41) is 17.2. The van der Waals surface area contributed by atoms with Crippen LogP contribution in [0.15, 0.2) is 6.20 Å². The van der Waals surface area contributed by atoms with E-state index in [4.69, 9.17) is 4.74 Å². The molecule has 0 aliphatic carbocycles. The zero-order chi connectivity index (χ0) is 9.68. The van der Waals surface area contributed by atoms with Gasteiger partial charge < -0.3 is 9.84 Å². The lowest BCUT2D eigenvalue weighted by atomic mass is 10.3. The van der Waals surface area contributed by atoms with E-state index < -0.39 is 6.10 Å². The molecule has 0 spiro atoms. The highest BCUT2D eigenvalue weighted by Gasteiger charge is 2.12. The highest BCUT2D eigenvalue weighted by Crippen LogP contribution is 2.10. The quantitative estimate of drug-likeness (QED) is 0.720. The van der Waals surface area contributed by atoms with Crippen molar-refractivity contribution in [3.05, 3.63) is 11.9 Å². The van der Waals surface area contributed by atoms with Crippen molar-refractivity contribution in [3.63, 3.8) is 0 Å². The van der Waals surface area contributed by atoms with E-state index in [2.05, 4.69) is 10.3 Å². The topological polar surface area (TPSA) is 60.2 Å². The number of nitrogens with zero attached hydrogens (tertiary/aromatic N) is 3. The monoisotopic (exact) mass is 185 g/mol. The highest BCUT2D eigenvalue weighted by molar-refractivity contribution is 4.98. The van der Waals surface area contributed by atoms with Crippen LogP contribution in [0.5, 0.6) is 0 Å². The van der Waals surface area contributed by atoms with Crippen LogP contribution < -0.4 is 0 Å². The van der Waals surface area contributed by atoms with Crippen LogP contribution in [0.4, 0.5) is 0 Å². The summed E-state index contributed by atoms with van der Waals surface area (Å²) >= 11 is 0. The maximum absolute atomic E-state index is 9.59. The molecule has 0 unspecified atom stereocenters. The number of hydrogen-bond acceptors (Lipinski definition) is 4. The number of rotatable bonds is 5. The Balaban J connectivity index is 2.68. The molecule has 0 amide bonds. The molecule has 0 bridgehead atoms. The largest absolute Gasteiger partial charge is 0.384 e. The smallest absolute Gasteiger partial charge is 0.120 e. The van der Waals surface area contributed by atoms with Gasteiger partial charge in [-0.05, 0) is 6.42 Å². The molecule has 0 radical (unpaired) electrons. The third-order valence-electron chi connectivity index (χ3n) is 1.75. The average molecular weight is 185 g/mol. The lowest BCUT2D eigenvalue weighted by Crippen LogP contribution is -2.12. The van der Waals surface area contributed by atoms with Gasteiger partial charge in [0.2, 0.25) is 0 Å². The molecule has 0 saturated carbocycles. The minimum Gasteiger partial charge on any atom is -0.384 e. The van der Waals surface area contributed by atoms with Gasteiger partial charge >= 0.3 is 0 Å². The molecular formula is C8H15N3O2. The van der Waals surface area contributed by atoms with Gasteiger partial charge in [0, 0.05) is 13.7 Å². The summed E-state index contributed by atoms with van der Waals surface area (Å²) < 4.78 is 6.54. The van der Waals surface area contributed by atoms with E-state index in [9.17, 15) is 5.11 Å². The van der Waals surface area contributed by atoms with Gasteiger partial charge in [0.1, 0.15) is 6.10 Å². The Morgan fingerprint density at radius 1 is 1.69 bits per heavy atom. The van der Waals surface area contributed by atoms with Crippen molar-refractivity contribution >= 4 is 0 Å². The molecule has 1 aromatic heterocycles. The fourth-order valence-electron chi connectivity index (χ4n) is 1.15. The molecule has 1 atom stereocenters. The molecule has 5 nitrogen and oxygen atoms in total. The van der Waals surface area contributed by atoms with Crippen LogP contribution in [-0.2, 0) is 11.3 Å². The van der Waals surface area contributed by atoms with Gasteiger partial charge in [-0.25, -0.2) is 4.68 Å². The minimum atomic E-state index is -0.633. The summed E-state index contributed by atoms with van der Waals surface area (Å²) in [7, 11) is 1.55. The Kier molecular flexibility index (Phi) is 3.85. The summed E-state index contributed by atoms with van der Waals surface area (Å²) in [5.74, 6) is 0. The summed E-state index contributed by atoms with van der Waals surface area (Å²) in [6, 6.07) is 0. The fourth-order valence-corrected chi connectivity index (χ4v) is 1.15. The number of hydrogen-bond donors (Lipinski definition) is 1. The SMILES string of the molecule is CCCn1nncc1[C@H](O)COC. The van der Waals surface area contributed by atoms with Crippen LogP contribution in [-0.4, -0.2) is 33.8 Å². The predicted molar refractivity (Wildman–Crippen MR) is 47.1 cm³/mol. The number of aliphatic hydroxyl groups is 1. The Morgan fingerprint density at radius 2 is 2.46 bits per heavy atom. The van der Waals surface area contributed by atoms with Crippen LogP contribution in [0.3, 0.4) is 0 Å². The summed E-state index contributed by atoms with van der Waals surface area (Å²) in [4.78, 5) is 0. The van der Waals surface area contributed by atoms with Crippen molar-refractivity contribution in [1.82, 2.24) is 15.0 Å². The molecule has 0 aromatic carbocycles. The van der Waals surface area contributed by atoms with Crippen molar-refractivity contribution in [1.29, 1.82) is 0 Å². The van der Waals surface area contributed by atoms with Gasteiger partial charge in [-0.1, -0.05) is 12.1 Å². The van der Waals surface area contributed by atoms with Crippen LogP contribution in [0.25, 0.3) is 0 Å². The zero-order valence-corrected chi connectivity index (χ0v) is 7.97. The molecule has 0 fully saturated rings. The second kappa shape index (κ2) is 4.94. The number of aryl methyl sites for hydroxylation is 1. The van der Waals surface area contributed by atoms with Crippen LogP contribution in [0.1, 0.15) is 25.1 Å². The van der Waals surface area contributed by atoms with Gasteiger partial charge in [-0.2, -0.15) is 0 Å². The first-order valence-corrected chi connectivity index (χ1v) is 4.35. The third-order valence-corrected chi connectivity index (χ3v) is 1.75. The Hall–Kier alpha value is -0.940. The van der Waals surface area contributed by atoms with Gasteiger partial charge in [0.25, 0.3) is 0 Å². The van der Waals surface area contributed by atoms with E-state index in [1.54, 1.807) is 18.0 Å². The van der Waals surface area contributed by atoms with E-state index in [0.29, 0.717) is 5.69 Å². The van der Waals surface area contributed by atoms with Crippen molar-refractivity contribution < 1.29 is 9.84 Å². The lowest BCUT2D eigenvalue weighted by molar-refractivity contribution is 0.0585. The van der Waals surface area contributed by atoms with Crippen LogP contribution in [0, 0.1) is 0 Å². The van der Waals surface area contributed by atoms with E-state index in [-0.39, 0.29) is 6.61 Å². The summed E-state index contributed by atoms with van der Waals surface area (Å²) in [5.41, 5.74) is 0.712. The van der Waals surface area contributed by atoms with Gasteiger partial charge in [-0.3, -0.25) is 0 Å². The maximum Gasteiger partial charge on any atom is 0.120 e. The number of methoxy groups -OCH3 is 1. The normalized spacial score (nSPS) is 13.2. The standard InChI is InChI=1S/C8H15N3O2/c1-3-4-11-7(5-9-10-11)8(12)6-13-2/h5,8,12H,3-4,6H2,1-2H3/t8-/m1/s1. The minimum absolute atomic E-state index is 0.275. The highest BCUT2D eigenvalue weighted by atomic mass is 16.5. The Morgan fingerprint density at radius 3 is 3.08 bits per heavy atom. The van der Waals surface area contributed by atoms with Crippen molar-refractivity contribution in [2.45, 2.75) is 26.0 Å². The Labute approximate surface area is 77.3 Å². The van der Waals surface area contributed by atoms with E-state index in [0.717, 1.165) is 13.0 Å². The molecule has 0 saturated heterocycles. The van der Waals surface area contributed by atoms with E-state index in [1.807, 2.05) is 6.92 Å². The summed E-state index contributed by atoms with van der Waals surface area (Å²) in [6.07, 6.45) is 1.90. The van der Waals surface area contributed by atoms with Gasteiger partial charge in [0.15, 0.2) is 0 Å². The number of aromatic nitrogens is 3. The van der Waals surface area contributed by atoms with Gasteiger partial charge in [0.05, 0.1) is 18.5 Å². The molecular weight excluding hydrogens is 170 g/mol. The number of ether oxygens (including phenoxy) is 1. The fraction of sp³-hybridized carbons (Fsp3) is 0.750. The number of aliphatic hydroxyl groups excluding tert-OH is 1. The predicted octanol–water partition coefficient (Wildman–Crippen LogP) is 0.368. The lowest BCUT2D eigenvalue weighted by Gasteiger charge is -2.10. The average Bonchev–Trinajstić information content (AvgIpc) is 2.54. The molecule has 5 heteroatoms. The van der Waals surface area contributed by atoms with E-state index in [1.165, 1.54) is 0 Å². The molecule has 1 rings (SSSR count). The Bertz CT molecular complexity index is 249. The zero-order valence-electron chi connectivity index (χ0n) is 7.97. The molecule has 1 aromatic rings. The van der Waals surface area contributed by atoms with Crippen molar-refractivity contribution in [2.24, 2.45) is 0 Å². The molecule has 0 aliphatic heterocycles. The first-order chi connectivity index (χ1) is 6.29. The molecule has 1 N–H and O–H groups in total. The summed E-state index contributed by atoms with van der Waals surface area (Å²) in [6.45, 7) is 3.10. The molecule has 1 heterocycles. The van der Waals surface area contributed by atoms with Crippen molar-refractivity contribution in [2.75, 3.05) is 13.7 Å². The van der Waals surface area contributed by atoms with Crippen LogP contribution >= 0.6 is 0 Å². The second-order valence-corrected chi connectivity index (χ2v) is 2.85. The molecule has 74 valence electrons. The molecule has 13 heavy (non-hydrogen) atoms. The first kappa shape index (κ1) is 10.1. The molecule has 0 aliphatic rings. The van der Waals surface area contributed by atoms with Crippen molar-refractivity contribution in [3.8, 4) is 0 Å². The van der Waals surface area contributed by atoms with Gasteiger partial charge in [-0.15, -0.1) is 5.10 Å². The third kappa shape index (κ3) is 2.50. The van der Waals surface area contributed by atoms with E-state index >= 15 is 0 Å². The first-order valence-electron chi connectivity index (χ1n) is 4.35. The van der Waals surface area contributed by atoms with Crippen LogP contribution in [0.2, 0.25) is 0 Å². The second-order valence-electron chi connectivity index (χ2n) is 2.85.